The Morgan fingerprint density at radius 2 is 1.81 bits per heavy atom. The van der Waals surface area contributed by atoms with Crippen LogP contribution in [0.5, 0.6) is 0 Å². The first kappa shape index (κ1) is 20.1. The number of rotatable bonds is 7. The molecule has 0 spiro atoms. The lowest BCUT2D eigenvalue weighted by molar-refractivity contribution is -0.124. The van der Waals surface area contributed by atoms with E-state index in [2.05, 4.69) is 26.6 Å². The Bertz CT molecular complexity index is 781. The largest absolute Gasteiger partial charge is 0.346 e. The minimum atomic E-state index is -0.291. The molecule has 0 radical (unpaired) electrons. The van der Waals surface area contributed by atoms with Crippen molar-refractivity contribution in [2.24, 2.45) is 0 Å². The third-order valence-corrected chi connectivity index (χ3v) is 4.18. The van der Waals surface area contributed by atoms with Crippen LogP contribution in [0.2, 0.25) is 0 Å². The lowest BCUT2D eigenvalue weighted by Gasteiger charge is -2.16. The van der Waals surface area contributed by atoms with Gasteiger partial charge in [-0.2, -0.15) is 0 Å². The van der Waals surface area contributed by atoms with Crippen LogP contribution in [0.1, 0.15) is 11.1 Å². The first-order valence-corrected chi connectivity index (χ1v) is 8.88. The van der Waals surface area contributed by atoms with E-state index in [9.17, 15) is 14.0 Å². The van der Waals surface area contributed by atoms with E-state index in [0.717, 1.165) is 15.6 Å². The second kappa shape index (κ2) is 9.45. The standard InChI is InChI=1S/C19H21BrFN3O2/c1-13-9-15(20)5-8-17(13)23-18(25)10-22-19(26)12-24(2)11-14-3-6-16(21)7-4-14/h3-9H,10-12H2,1-2H3,(H,22,26)(H,23,25). The molecular formula is C19H21BrFN3O2. The lowest BCUT2D eigenvalue weighted by atomic mass is 10.2. The Kier molecular flexibility index (Phi) is 7.29. The number of carbonyl (C=O) groups excluding carboxylic acids is 2. The fourth-order valence-corrected chi connectivity index (χ4v) is 2.87. The molecular weight excluding hydrogens is 401 g/mol. The summed E-state index contributed by atoms with van der Waals surface area (Å²) in [5, 5.41) is 5.37. The van der Waals surface area contributed by atoms with E-state index in [1.54, 1.807) is 30.1 Å². The smallest absolute Gasteiger partial charge is 0.243 e. The molecule has 138 valence electrons. The maximum Gasteiger partial charge on any atom is 0.243 e. The molecule has 0 aliphatic carbocycles. The molecule has 0 atom stereocenters. The van der Waals surface area contributed by atoms with E-state index in [1.807, 2.05) is 19.1 Å². The summed E-state index contributed by atoms with van der Waals surface area (Å²) in [4.78, 5) is 25.7. The molecule has 0 aliphatic heterocycles. The molecule has 0 aromatic heterocycles. The van der Waals surface area contributed by atoms with Crippen LogP contribution < -0.4 is 10.6 Å². The topological polar surface area (TPSA) is 61.4 Å². The molecule has 0 bridgehead atoms. The summed E-state index contributed by atoms with van der Waals surface area (Å²) in [7, 11) is 1.79. The predicted octanol–water partition coefficient (Wildman–Crippen LogP) is 3.08. The molecule has 0 unspecified atom stereocenters. The van der Waals surface area contributed by atoms with E-state index >= 15 is 0 Å². The number of amides is 2. The SMILES string of the molecule is Cc1cc(Br)ccc1NC(=O)CNC(=O)CN(C)Cc1ccc(F)cc1. The number of halogens is 2. The molecule has 0 aliphatic rings. The second-order valence-corrected chi connectivity index (χ2v) is 7.00. The van der Waals surface area contributed by atoms with Gasteiger partial charge in [0.05, 0.1) is 13.1 Å². The van der Waals surface area contributed by atoms with E-state index in [4.69, 9.17) is 0 Å². The quantitative estimate of drug-likeness (QED) is 0.721. The van der Waals surface area contributed by atoms with Crippen LogP contribution in [0.25, 0.3) is 0 Å². The zero-order valence-corrected chi connectivity index (χ0v) is 16.3. The van der Waals surface area contributed by atoms with Crippen molar-refractivity contribution in [1.82, 2.24) is 10.2 Å². The molecule has 0 heterocycles. The second-order valence-electron chi connectivity index (χ2n) is 6.08. The Morgan fingerprint density at radius 1 is 1.12 bits per heavy atom. The summed E-state index contributed by atoms with van der Waals surface area (Å²) >= 11 is 3.37. The molecule has 0 fully saturated rings. The zero-order valence-electron chi connectivity index (χ0n) is 14.7. The molecule has 2 amide bonds. The summed E-state index contributed by atoms with van der Waals surface area (Å²) in [5.74, 6) is -0.830. The Labute approximate surface area is 160 Å². The van der Waals surface area contributed by atoms with E-state index in [0.29, 0.717) is 12.2 Å². The van der Waals surface area contributed by atoms with Gasteiger partial charge in [0.15, 0.2) is 0 Å². The molecule has 2 aromatic carbocycles. The van der Waals surface area contributed by atoms with Gasteiger partial charge < -0.3 is 10.6 Å². The van der Waals surface area contributed by atoms with E-state index in [-0.39, 0.29) is 30.7 Å². The van der Waals surface area contributed by atoms with Crippen molar-refractivity contribution in [3.05, 3.63) is 63.9 Å². The van der Waals surface area contributed by atoms with Crippen LogP contribution in [-0.4, -0.2) is 36.9 Å². The van der Waals surface area contributed by atoms with Gasteiger partial charge in [-0.05, 0) is 55.4 Å². The summed E-state index contributed by atoms with van der Waals surface area (Å²) < 4.78 is 13.8. The minimum Gasteiger partial charge on any atom is -0.346 e. The molecule has 2 rings (SSSR count). The van der Waals surface area contributed by atoms with Gasteiger partial charge >= 0.3 is 0 Å². The van der Waals surface area contributed by atoms with E-state index < -0.39 is 0 Å². The summed E-state index contributed by atoms with van der Waals surface area (Å²) in [6.45, 7) is 2.45. The fraction of sp³-hybridized carbons (Fsp3) is 0.263. The van der Waals surface area contributed by atoms with Crippen molar-refractivity contribution in [2.75, 3.05) is 25.5 Å². The Morgan fingerprint density at radius 3 is 2.46 bits per heavy atom. The number of anilines is 1. The average Bonchev–Trinajstić information content (AvgIpc) is 2.57. The first-order chi connectivity index (χ1) is 12.3. The van der Waals surface area contributed by atoms with Crippen LogP contribution in [0.3, 0.4) is 0 Å². The fourth-order valence-electron chi connectivity index (χ4n) is 2.40. The zero-order chi connectivity index (χ0) is 19.1. The number of nitrogens with zero attached hydrogens (tertiary/aromatic N) is 1. The molecule has 26 heavy (non-hydrogen) atoms. The van der Waals surface area contributed by atoms with Crippen molar-refractivity contribution in [3.8, 4) is 0 Å². The van der Waals surface area contributed by atoms with Gasteiger partial charge in [-0.3, -0.25) is 14.5 Å². The van der Waals surface area contributed by atoms with Gasteiger partial charge in [0.1, 0.15) is 5.82 Å². The minimum absolute atomic E-state index is 0.0985. The van der Waals surface area contributed by atoms with Crippen LogP contribution >= 0.6 is 15.9 Å². The number of benzene rings is 2. The summed E-state index contributed by atoms with van der Waals surface area (Å²) in [6, 6.07) is 11.7. The number of hydrogen-bond donors (Lipinski definition) is 2. The van der Waals surface area contributed by atoms with Gasteiger partial charge in [0.2, 0.25) is 11.8 Å². The van der Waals surface area contributed by atoms with Crippen LogP contribution in [-0.2, 0) is 16.1 Å². The Balaban J connectivity index is 1.75. The van der Waals surface area contributed by atoms with Crippen LogP contribution in [0.15, 0.2) is 46.9 Å². The number of aryl methyl sites for hydroxylation is 1. The number of hydrogen-bond acceptors (Lipinski definition) is 3. The molecule has 7 heteroatoms. The third-order valence-electron chi connectivity index (χ3n) is 3.69. The number of nitrogens with one attached hydrogen (secondary N) is 2. The maximum atomic E-state index is 12.9. The van der Waals surface area contributed by atoms with Gasteiger partial charge in [-0.25, -0.2) is 4.39 Å². The van der Waals surface area contributed by atoms with E-state index in [1.165, 1.54) is 12.1 Å². The van der Waals surface area contributed by atoms with Crippen molar-refractivity contribution < 1.29 is 14.0 Å². The molecule has 0 saturated carbocycles. The molecule has 2 aromatic rings. The van der Waals surface area contributed by atoms with Crippen molar-refractivity contribution in [2.45, 2.75) is 13.5 Å². The highest BCUT2D eigenvalue weighted by Crippen LogP contribution is 2.19. The van der Waals surface area contributed by atoms with Crippen LogP contribution in [0, 0.1) is 12.7 Å². The summed E-state index contributed by atoms with van der Waals surface area (Å²) in [6.07, 6.45) is 0. The monoisotopic (exact) mass is 421 g/mol. The molecule has 5 nitrogen and oxygen atoms in total. The third kappa shape index (κ3) is 6.57. The Hall–Kier alpha value is -2.25. The summed E-state index contributed by atoms with van der Waals surface area (Å²) in [5.41, 5.74) is 2.55. The van der Waals surface area contributed by atoms with Crippen molar-refractivity contribution in [3.63, 3.8) is 0 Å². The molecule has 0 saturated heterocycles. The highest BCUT2D eigenvalue weighted by molar-refractivity contribution is 9.10. The van der Waals surface area contributed by atoms with Crippen molar-refractivity contribution in [1.29, 1.82) is 0 Å². The normalized spacial score (nSPS) is 10.7. The highest BCUT2D eigenvalue weighted by Gasteiger charge is 2.10. The average molecular weight is 422 g/mol. The molecule has 2 N–H and O–H groups in total. The first-order valence-electron chi connectivity index (χ1n) is 8.09. The maximum absolute atomic E-state index is 12.9. The van der Waals surface area contributed by atoms with Gasteiger partial charge in [-0.15, -0.1) is 0 Å². The lowest BCUT2D eigenvalue weighted by Crippen LogP contribution is -2.39. The number of carbonyl (C=O) groups is 2. The van der Waals surface area contributed by atoms with Crippen molar-refractivity contribution >= 4 is 33.4 Å². The van der Waals surface area contributed by atoms with Gasteiger partial charge in [0.25, 0.3) is 0 Å². The van der Waals surface area contributed by atoms with Gasteiger partial charge in [-0.1, -0.05) is 28.1 Å². The van der Waals surface area contributed by atoms with Crippen LogP contribution in [0.4, 0.5) is 10.1 Å². The predicted molar refractivity (Wildman–Crippen MR) is 103 cm³/mol. The highest BCUT2D eigenvalue weighted by atomic mass is 79.9. The van der Waals surface area contributed by atoms with Gasteiger partial charge in [0, 0.05) is 16.7 Å². The number of likely N-dealkylation sites (N-methyl/N-ethyl adjacent to an activating group) is 1.